The Balaban J connectivity index is 2.89. The van der Waals surface area contributed by atoms with Crippen LogP contribution in [-0.4, -0.2) is 18.6 Å². The van der Waals surface area contributed by atoms with Crippen LogP contribution in [0.25, 0.3) is 0 Å². The van der Waals surface area contributed by atoms with Crippen molar-refractivity contribution < 1.29 is 22.7 Å². The molecular formula is C18H24F3NO2. The fraction of sp³-hybridized carbons (Fsp3) is 0.500. The lowest BCUT2D eigenvalue weighted by Crippen LogP contribution is -2.45. The Labute approximate surface area is 140 Å². The number of rotatable bonds is 7. The van der Waals surface area contributed by atoms with E-state index in [9.17, 15) is 18.0 Å². The number of anilines is 1. The Morgan fingerprint density at radius 2 is 1.79 bits per heavy atom. The topological polar surface area (TPSA) is 38.3 Å². The van der Waals surface area contributed by atoms with Gasteiger partial charge in [0, 0.05) is 5.69 Å². The van der Waals surface area contributed by atoms with Crippen molar-refractivity contribution in [2.75, 3.05) is 11.9 Å². The summed E-state index contributed by atoms with van der Waals surface area (Å²) in [5.74, 6) is -0.233. The van der Waals surface area contributed by atoms with Gasteiger partial charge in [-0.2, -0.15) is 13.2 Å². The zero-order valence-corrected chi connectivity index (χ0v) is 14.4. The van der Waals surface area contributed by atoms with Gasteiger partial charge < -0.3 is 10.1 Å². The van der Waals surface area contributed by atoms with E-state index in [0.29, 0.717) is 12.3 Å². The molecule has 1 aromatic rings. The summed E-state index contributed by atoms with van der Waals surface area (Å²) in [5, 5.41) is 2.66. The van der Waals surface area contributed by atoms with Crippen LogP contribution in [-0.2, 0) is 15.7 Å². The average Bonchev–Trinajstić information content (AvgIpc) is 2.46. The SMILES string of the molecule is C=CCOC(C(C)C)C(C)(C)C(=O)Nc1ccc(C(F)(F)F)cc1. The van der Waals surface area contributed by atoms with Crippen molar-refractivity contribution >= 4 is 11.6 Å². The van der Waals surface area contributed by atoms with Crippen molar-refractivity contribution in [1.82, 2.24) is 0 Å². The molecule has 0 aromatic heterocycles. The molecule has 0 radical (unpaired) electrons. The summed E-state index contributed by atoms with van der Waals surface area (Å²) in [5.41, 5.74) is -1.30. The fourth-order valence-electron chi connectivity index (χ4n) is 2.57. The summed E-state index contributed by atoms with van der Waals surface area (Å²) in [7, 11) is 0. The molecule has 3 nitrogen and oxygen atoms in total. The Morgan fingerprint density at radius 1 is 1.25 bits per heavy atom. The lowest BCUT2D eigenvalue weighted by Gasteiger charge is -2.35. The van der Waals surface area contributed by atoms with Crippen LogP contribution < -0.4 is 5.32 Å². The maximum absolute atomic E-state index is 12.6. The van der Waals surface area contributed by atoms with Crippen molar-refractivity contribution in [3.8, 4) is 0 Å². The molecule has 24 heavy (non-hydrogen) atoms. The number of carbonyl (C=O) groups excluding carboxylic acids is 1. The molecule has 0 saturated heterocycles. The van der Waals surface area contributed by atoms with E-state index in [2.05, 4.69) is 11.9 Å². The first-order valence-electron chi connectivity index (χ1n) is 7.71. The molecule has 0 aliphatic rings. The average molecular weight is 343 g/mol. The molecule has 1 aromatic carbocycles. The van der Waals surface area contributed by atoms with Crippen molar-refractivity contribution in [3.63, 3.8) is 0 Å². The number of alkyl halides is 3. The third-order valence-corrected chi connectivity index (χ3v) is 3.77. The second kappa shape index (κ2) is 7.83. The molecule has 6 heteroatoms. The minimum Gasteiger partial charge on any atom is -0.373 e. The highest BCUT2D eigenvalue weighted by Crippen LogP contribution is 2.32. The third-order valence-electron chi connectivity index (χ3n) is 3.77. The number of nitrogens with one attached hydrogen (secondary N) is 1. The van der Waals surface area contributed by atoms with E-state index in [4.69, 9.17) is 4.74 Å². The van der Waals surface area contributed by atoms with E-state index < -0.39 is 17.2 Å². The van der Waals surface area contributed by atoms with Gasteiger partial charge in [0.15, 0.2) is 0 Å². The summed E-state index contributed by atoms with van der Waals surface area (Å²) < 4.78 is 43.4. The van der Waals surface area contributed by atoms with E-state index in [1.54, 1.807) is 19.9 Å². The highest BCUT2D eigenvalue weighted by molar-refractivity contribution is 5.95. The van der Waals surface area contributed by atoms with Gasteiger partial charge in [0.1, 0.15) is 0 Å². The Bertz CT molecular complexity index is 563. The van der Waals surface area contributed by atoms with Gasteiger partial charge in [-0.3, -0.25) is 4.79 Å². The Hall–Kier alpha value is -1.82. The molecule has 0 aliphatic carbocycles. The lowest BCUT2D eigenvalue weighted by molar-refractivity contribution is -0.137. The first kappa shape index (κ1) is 20.2. The first-order valence-corrected chi connectivity index (χ1v) is 7.71. The first-order chi connectivity index (χ1) is 11.0. The minimum absolute atomic E-state index is 0.0818. The van der Waals surface area contributed by atoms with Crippen LogP contribution in [0.15, 0.2) is 36.9 Å². The second-order valence-corrected chi connectivity index (χ2v) is 6.54. The molecule has 1 unspecified atom stereocenters. The summed E-state index contributed by atoms with van der Waals surface area (Å²) in [6, 6.07) is 4.37. The zero-order valence-electron chi connectivity index (χ0n) is 14.4. The quantitative estimate of drug-likeness (QED) is 0.715. The summed E-state index contributed by atoms with van der Waals surface area (Å²) in [6.07, 6.45) is -3.15. The largest absolute Gasteiger partial charge is 0.416 e. The molecule has 134 valence electrons. The molecule has 0 spiro atoms. The molecule has 1 rings (SSSR count). The molecule has 0 heterocycles. The minimum atomic E-state index is -4.40. The smallest absolute Gasteiger partial charge is 0.373 e. The number of halogens is 3. The maximum Gasteiger partial charge on any atom is 0.416 e. The molecular weight excluding hydrogens is 319 g/mol. The number of hydrogen-bond donors (Lipinski definition) is 1. The number of ether oxygens (including phenoxy) is 1. The van der Waals surface area contributed by atoms with Gasteiger partial charge in [0.25, 0.3) is 0 Å². The van der Waals surface area contributed by atoms with Crippen molar-refractivity contribution in [1.29, 1.82) is 0 Å². The second-order valence-electron chi connectivity index (χ2n) is 6.54. The lowest BCUT2D eigenvalue weighted by atomic mass is 9.79. The molecule has 0 aliphatic heterocycles. The molecule has 1 N–H and O–H groups in total. The van der Waals surface area contributed by atoms with Gasteiger partial charge in [-0.15, -0.1) is 6.58 Å². The van der Waals surface area contributed by atoms with E-state index in [-0.39, 0.29) is 17.9 Å². The Morgan fingerprint density at radius 3 is 2.21 bits per heavy atom. The van der Waals surface area contributed by atoms with Crippen LogP contribution in [0.2, 0.25) is 0 Å². The van der Waals surface area contributed by atoms with Crippen molar-refractivity contribution in [2.45, 2.75) is 40.0 Å². The fourth-order valence-corrected chi connectivity index (χ4v) is 2.57. The number of hydrogen-bond acceptors (Lipinski definition) is 2. The maximum atomic E-state index is 12.6. The summed E-state index contributed by atoms with van der Waals surface area (Å²) >= 11 is 0. The zero-order chi connectivity index (χ0) is 18.5. The van der Waals surface area contributed by atoms with E-state index in [1.807, 2.05) is 13.8 Å². The Kier molecular flexibility index (Phi) is 6.60. The van der Waals surface area contributed by atoms with E-state index in [0.717, 1.165) is 12.1 Å². The van der Waals surface area contributed by atoms with Crippen LogP contribution in [0.1, 0.15) is 33.3 Å². The standard InChI is InChI=1S/C18H24F3NO2/c1-6-11-24-15(12(2)3)17(4,5)16(23)22-14-9-7-13(8-10-14)18(19,20)21/h6-10,12,15H,1,11H2,2-5H3,(H,22,23). The molecule has 1 amide bonds. The predicted octanol–water partition coefficient (Wildman–Crippen LogP) is 4.90. The van der Waals surface area contributed by atoms with Gasteiger partial charge in [0.05, 0.1) is 23.7 Å². The highest BCUT2D eigenvalue weighted by atomic mass is 19.4. The van der Waals surface area contributed by atoms with Crippen LogP contribution in [0.3, 0.4) is 0 Å². The monoisotopic (exact) mass is 343 g/mol. The van der Waals surface area contributed by atoms with E-state index >= 15 is 0 Å². The van der Waals surface area contributed by atoms with Crippen LogP contribution in [0.5, 0.6) is 0 Å². The van der Waals surface area contributed by atoms with Gasteiger partial charge in [-0.1, -0.05) is 19.9 Å². The number of carbonyl (C=O) groups is 1. The normalized spacial score (nSPS) is 13.7. The van der Waals surface area contributed by atoms with Gasteiger partial charge in [0.2, 0.25) is 5.91 Å². The van der Waals surface area contributed by atoms with Crippen molar-refractivity contribution in [2.24, 2.45) is 11.3 Å². The van der Waals surface area contributed by atoms with Gasteiger partial charge in [-0.25, -0.2) is 0 Å². The summed E-state index contributed by atoms with van der Waals surface area (Å²) in [6.45, 7) is 11.3. The predicted molar refractivity (Wildman–Crippen MR) is 88.6 cm³/mol. The number of benzene rings is 1. The molecule has 0 fully saturated rings. The van der Waals surface area contributed by atoms with Crippen LogP contribution >= 0.6 is 0 Å². The highest BCUT2D eigenvalue weighted by Gasteiger charge is 2.39. The van der Waals surface area contributed by atoms with Gasteiger partial charge >= 0.3 is 6.18 Å². The third kappa shape index (κ3) is 5.09. The van der Waals surface area contributed by atoms with Gasteiger partial charge in [-0.05, 0) is 44.0 Å². The number of amides is 1. The van der Waals surface area contributed by atoms with Crippen molar-refractivity contribution in [3.05, 3.63) is 42.5 Å². The molecule has 0 saturated carbocycles. The van der Waals surface area contributed by atoms with Crippen LogP contribution in [0, 0.1) is 11.3 Å². The van der Waals surface area contributed by atoms with Crippen LogP contribution in [0.4, 0.5) is 18.9 Å². The van der Waals surface area contributed by atoms with E-state index in [1.165, 1.54) is 12.1 Å². The summed E-state index contributed by atoms with van der Waals surface area (Å²) in [4.78, 5) is 12.6. The molecule has 0 bridgehead atoms. The molecule has 1 atom stereocenters.